The summed E-state index contributed by atoms with van der Waals surface area (Å²) in [4.78, 5) is 9.57. The zero-order chi connectivity index (χ0) is 27.3. The normalized spacial score (nSPS) is 29.2. The number of aliphatic hydroxyl groups excluding tert-OH is 1. The highest BCUT2D eigenvalue weighted by Crippen LogP contribution is 2.52. The zero-order valence-corrected chi connectivity index (χ0v) is 22.8. The standard InChI is InChI=1S/C26H32F2N6O4S/c1-4-9-39-25-30-23(29-17-12-19(36-8-7-35)22-21(17)37-26(2,3)38-22)20-24(31-25)34(33-32-20)18-11-14(18)13-5-6-15(27)16(28)10-13/h5-6,10,14,17-19,21-22,35H,4,7-9,11-12H2,1-3H3,(H,29,30,31)/t14-,17+,18-,19-,21-,22+/m1/s1. The van der Waals surface area contributed by atoms with E-state index in [1.54, 1.807) is 22.5 Å². The van der Waals surface area contributed by atoms with Crippen LogP contribution in [0.4, 0.5) is 14.6 Å². The van der Waals surface area contributed by atoms with Crippen LogP contribution in [0.2, 0.25) is 0 Å². The van der Waals surface area contributed by atoms with E-state index in [-0.39, 0.29) is 49.5 Å². The molecule has 39 heavy (non-hydrogen) atoms. The number of aromatic nitrogens is 5. The van der Waals surface area contributed by atoms with Crippen LogP contribution in [0, 0.1) is 11.6 Å². The maximum absolute atomic E-state index is 13.9. The fraction of sp³-hybridized carbons (Fsp3) is 0.615. The fourth-order valence-corrected chi connectivity index (χ4v) is 6.26. The second-order valence-corrected chi connectivity index (χ2v) is 11.7. The molecular formula is C26H32F2N6O4S. The second-order valence-electron chi connectivity index (χ2n) is 10.7. The molecule has 2 aromatic heterocycles. The molecule has 0 spiro atoms. The van der Waals surface area contributed by atoms with Crippen LogP contribution in [0.1, 0.15) is 57.6 Å². The number of halogens is 2. The van der Waals surface area contributed by atoms with E-state index in [2.05, 4.69) is 22.6 Å². The van der Waals surface area contributed by atoms with Crippen molar-refractivity contribution in [2.24, 2.45) is 0 Å². The van der Waals surface area contributed by atoms with Crippen molar-refractivity contribution in [2.75, 3.05) is 24.3 Å². The summed E-state index contributed by atoms with van der Waals surface area (Å²) in [5.74, 6) is -1.08. The smallest absolute Gasteiger partial charge is 0.191 e. The number of benzene rings is 1. The molecule has 3 heterocycles. The molecule has 1 aromatic carbocycles. The number of rotatable bonds is 10. The molecule has 0 unspecified atom stereocenters. The summed E-state index contributed by atoms with van der Waals surface area (Å²) >= 11 is 1.55. The maximum atomic E-state index is 13.9. The first-order chi connectivity index (χ1) is 18.8. The van der Waals surface area contributed by atoms with E-state index in [0.29, 0.717) is 28.6 Å². The predicted octanol–water partition coefficient (Wildman–Crippen LogP) is 3.81. The third-order valence-electron chi connectivity index (χ3n) is 7.34. The van der Waals surface area contributed by atoms with Gasteiger partial charge in [0.05, 0.1) is 31.4 Å². The molecule has 1 aliphatic heterocycles. The molecule has 2 N–H and O–H groups in total. The number of anilines is 1. The van der Waals surface area contributed by atoms with Crippen molar-refractivity contribution in [3.63, 3.8) is 0 Å². The molecule has 6 atom stereocenters. The second kappa shape index (κ2) is 10.5. The third-order valence-corrected chi connectivity index (χ3v) is 8.39. The summed E-state index contributed by atoms with van der Waals surface area (Å²) < 4.78 is 47.4. The minimum absolute atomic E-state index is 0.00518. The van der Waals surface area contributed by atoms with Gasteiger partial charge in [-0.3, -0.25) is 0 Å². The van der Waals surface area contributed by atoms with Crippen LogP contribution in [0.5, 0.6) is 0 Å². The van der Waals surface area contributed by atoms with Crippen molar-refractivity contribution in [1.29, 1.82) is 0 Å². The van der Waals surface area contributed by atoms with Crippen molar-refractivity contribution in [1.82, 2.24) is 25.0 Å². The Hall–Kier alpha value is -2.45. The molecule has 3 aliphatic rings. The molecule has 0 amide bonds. The van der Waals surface area contributed by atoms with Gasteiger partial charge in [-0.05, 0) is 50.8 Å². The number of nitrogens with one attached hydrogen (secondary N) is 1. The van der Waals surface area contributed by atoms with Crippen LogP contribution in [0.15, 0.2) is 23.4 Å². The van der Waals surface area contributed by atoms with Gasteiger partial charge < -0.3 is 24.6 Å². The van der Waals surface area contributed by atoms with Gasteiger partial charge in [0.2, 0.25) is 0 Å². The number of ether oxygens (including phenoxy) is 3. The van der Waals surface area contributed by atoms with Gasteiger partial charge in [-0.15, -0.1) is 5.10 Å². The number of hydrogen-bond donors (Lipinski definition) is 2. The highest BCUT2D eigenvalue weighted by molar-refractivity contribution is 7.99. The highest BCUT2D eigenvalue weighted by Gasteiger charge is 2.55. The Morgan fingerprint density at radius 1 is 1.18 bits per heavy atom. The van der Waals surface area contributed by atoms with Gasteiger partial charge in [0.25, 0.3) is 0 Å². The molecule has 13 heteroatoms. The molecule has 2 saturated carbocycles. The highest BCUT2D eigenvalue weighted by atomic mass is 32.2. The van der Waals surface area contributed by atoms with Crippen molar-refractivity contribution in [3.8, 4) is 0 Å². The van der Waals surface area contributed by atoms with Crippen LogP contribution in [0.3, 0.4) is 0 Å². The Morgan fingerprint density at radius 3 is 2.77 bits per heavy atom. The quantitative estimate of drug-likeness (QED) is 0.279. The monoisotopic (exact) mass is 562 g/mol. The van der Waals surface area contributed by atoms with Gasteiger partial charge in [0, 0.05) is 11.7 Å². The fourth-order valence-electron chi connectivity index (χ4n) is 5.56. The first-order valence-electron chi connectivity index (χ1n) is 13.3. The minimum atomic E-state index is -0.860. The summed E-state index contributed by atoms with van der Waals surface area (Å²) in [7, 11) is 0. The van der Waals surface area contributed by atoms with Gasteiger partial charge in [0.1, 0.15) is 12.2 Å². The van der Waals surface area contributed by atoms with Crippen molar-refractivity contribution >= 4 is 28.7 Å². The summed E-state index contributed by atoms with van der Waals surface area (Å²) in [6, 6.07) is 3.78. The molecule has 10 nitrogen and oxygen atoms in total. The average molecular weight is 563 g/mol. The summed E-state index contributed by atoms with van der Waals surface area (Å²) in [6.07, 6.45) is 1.48. The Balaban J connectivity index is 1.30. The third kappa shape index (κ3) is 5.22. The zero-order valence-electron chi connectivity index (χ0n) is 22.0. The summed E-state index contributed by atoms with van der Waals surface area (Å²) in [5.41, 5.74) is 1.84. The van der Waals surface area contributed by atoms with Crippen LogP contribution in [0.25, 0.3) is 11.2 Å². The van der Waals surface area contributed by atoms with E-state index >= 15 is 0 Å². The average Bonchev–Trinajstić information content (AvgIpc) is 3.33. The molecule has 3 fully saturated rings. The Kier molecular flexibility index (Phi) is 7.21. The number of nitrogens with zero attached hydrogens (tertiary/aromatic N) is 5. The van der Waals surface area contributed by atoms with Gasteiger partial charge in [-0.2, -0.15) is 0 Å². The van der Waals surface area contributed by atoms with Gasteiger partial charge in [-0.25, -0.2) is 23.4 Å². The molecule has 1 saturated heterocycles. The number of hydrogen-bond acceptors (Lipinski definition) is 10. The number of thioether (sulfide) groups is 1. The van der Waals surface area contributed by atoms with Crippen molar-refractivity contribution in [3.05, 3.63) is 35.4 Å². The van der Waals surface area contributed by atoms with Crippen molar-refractivity contribution < 1.29 is 28.1 Å². The topological polar surface area (TPSA) is 116 Å². The van der Waals surface area contributed by atoms with Crippen LogP contribution in [-0.4, -0.2) is 79.2 Å². The summed E-state index contributed by atoms with van der Waals surface area (Å²) in [6.45, 7) is 5.99. The van der Waals surface area contributed by atoms with E-state index in [0.717, 1.165) is 30.2 Å². The largest absolute Gasteiger partial charge is 0.394 e. The molecule has 0 bridgehead atoms. The molecule has 2 aliphatic carbocycles. The number of aliphatic hydroxyl groups is 1. The van der Waals surface area contributed by atoms with Crippen molar-refractivity contribution in [2.45, 2.75) is 87.3 Å². The first-order valence-corrected chi connectivity index (χ1v) is 14.3. The predicted molar refractivity (Wildman–Crippen MR) is 140 cm³/mol. The maximum Gasteiger partial charge on any atom is 0.191 e. The summed E-state index contributed by atoms with van der Waals surface area (Å²) in [5, 5.41) is 22.3. The van der Waals surface area contributed by atoms with E-state index in [1.165, 1.54) is 6.07 Å². The molecule has 6 rings (SSSR count). The molecule has 0 radical (unpaired) electrons. The lowest BCUT2D eigenvalue weighted by Crippen LogP contribution is -2.35. The van der Waals surface area contributed by atoms with E-state index in [9.17, 15) is 13.9 Å². The van der Waals surface area contributed by atoms with Gasteiger partial charge >= 0.3 is 0 Å². The lowest BCUT2D eigenvalue weighted by Gasteiger charge is -2.24. The Bertz CT molecular complexity index is 1360. The van der Waals surface area contributed by atoms with Crippen LogP contribution < -0.4 is 5.32 Å². The van der Waals surface area contributed by atoms with E-state index in [1.807, 2.05) is 13.8 Å². The molecule has 3 aromatic rings. The number of fused-ring (bicyclic) bond motifs is 2. The van der Waals surface area contributed by atoms with Gasteiger partial charge in [-0.1, -0.05) is 30.0 Å². The van der Waals surface area contributed by atoms with Crippen LogP contribution >= 0.6 is 11.8 Å². The first kappa shape index (κ1) is 26.8. The van der Waals surface area contributed by atoms with E-state index in [4.69, 9.17) is 24.2 Å². The Labute approximate surface area is 228 Å². The Morgan fingerprint density at radius 2 is 2.00 bits per heavy atom. The minimum Gasteiger partial charge on any atom is -0.394 e. The van der Waals surface area contributed by atoms with Gasteiger partial charge in [0.15, 0.2) is 39.6 Å². The van der Waals surface area contributed by atoms with Crippen LogP contribution in [-0.2, 0) is 14.2 Å². The molecule has 210 valence electrons. The SMILES string of the molecule is CCCSc1nc(N[C@H]2C[C@@H](OCCO)[C@@H]3OC(C)(C)O[C@@H]32)c2nnn([C@@H]3C[C@@H]3c3ccc(F)c(F)c3)c2n1. The molecular weight excluding hydrogens is 530 g/mol. The lowest BCUT2D eigenvalue weighted by molar-refractivity contribution is -0.167. The van der Waals surface area contributed by atoms with E-state index < -0.39 is 17.4 Å². The lowest BCUT2D eigenvalue weighted by atomic mass is 10.1.